The maximum atomic E-state index is 10.9. The van der Waals surface area contributed by atoms with E-state index in [1.54, 1.807) is 12.1 Å². The van der Waals surface area contributed by atoms with E-state index in [0.29, 0.717) is 11.6 Å². The van der Waals surface area contributed by atoms with E-state index >= 15 is 0 Å². The molecule has 1 aromatic rings. The van der Waals surface area contributed by atoms with Crippen molar-refractivity contribution in [3.63, 3.8) is 0 Å². The molecular weight excluding hydrogens is 306 g/mol. The molecule has 0 radical (unpaired) electrons. The number of hydrogen-bond acceptors (Lipinski definition) is 2. The number of hydrogen-bond donors (Lipinski definition) is 2. The molecule has 0 heterocycles. The summed E-state index contributed by atoms with van der Waals surface area (Å²) in [6, 6.07) is 5.85. The molecular formula is C15H16BrNO2. The van der Waals surface area contributed by atoms with Gasteiger partial charge in [-0.2, -0.15) is 0 Å². The maximum absolute atomic E-state index is 10.9. The van der Waals surface area contributed by atoms with Crippen molar-refractivity contribution in [3.8, 4) is 0 Å². The molecule has 4 atom stereocenters. The van der Waals surface area contributed by atoms with Crippen molar-refractivity contribution < 1.29 is 9.90 Å². The number of nitrogens with one attached hydrogen (secondary N) is 1. The minimum Gasteiger partial charge on any atom is -0.478 e. The van der Waals surface area contributed by atoms with Crippen LogP contribution in [0.15, 0.2) is 22.7 Å². The predicted octanol–water partition coefficient (Wildman–Crippen LogP) is 3.60. The lowest BCUT2D eigenvalue weighted by Gasteiger charge is -2.13. The van der Waals surface area contributed by atoms with Crippen LogP contribution in [0.1, 0.15) is 29.6 Å². The number of benzene rings is 1. The van der Waals surface area contributed by atoms with Crippen molar-refractivity contribution in [1.82, 2.24) is 0 Å². The van der Waals surface area contributed by atoms with E-state index < -0.39 is 5.97 Å². The predicted molar refractivity (Wildman–Crippen MR) is 76.3 cm³/mol. The summed E-state index contributed by atoms with van der Waals surface area (Å²) >= 11 is 3.47. The molecule has 4 rings (SSSR count). The molecule has 3 saturated carbocycles. The number of fused-ring (bicyclic) bond motifs is 5. The van der Waals surface area contributed by atoms with Gasteiger partial charge in [-0.15, -0.1) is 0 Å². The lowest BCUT2D eigenvalue weighted by Crippen LogP contribution is -2.13. The van der Waals surface area contributed by atoms with Crippen LogP contribution in [0.5, 0.6) is 0 Å². The van der Waals surface area contributed by atoms with Gasteiger partial charge >= 0.3 is 5.97 Å². The Bertz CT molecular complexity index is 543. The van der Waals surface area contributed by atoms with Crippen LogP contribution in [-0.4, -0.2) is 17.1 Å². The van der Waals surface area contributed by atoms with Crippen molar-refractivity contribution in [2.24, 2.45) is 23.7 Å². The van der Waals surface area contributed by atoms with E-state index in [4.69, 9.17) is 5.11 Å². The highest BCUT2D eigenvalue weighted by Crippen LogP contribution is 2.66. The van der Waals surface area contributed by atoms with E-state index in [0.717, 1.165) is 33.8 Å². The Balaban J connectivity index is 1.51. The molecule has 100 valence electrons. The first-order valence-electron chi connectivity index (χ1n) is 6.94. The van der Waals surface area contributed by atoms with Crippen LogP contribution in [-0.2, 0) is 0 Å². The van der Waals surface area contributed by atoms with Crippen molar-refractivity contribution in [2.75, 3.05) is 5.32 Å². The molecule has 0 spiro atoms. The number of carboxylic acid groups (broad SMARTS) is 1. The van der Waals surface area contributed by atoms with E-state index in [-0.39, 0.29) is 0 Å². The zero-order valence-electron chi connectivity index (χ0n) is 10.5. The van der Waals surface area contributed by atoms with Crippen molar-refractivity contribution >= 4 is 27.6 Å². The van der Waals surface area contributed by atoms with Crippen LogP contribution in [0, 0.1) is 23.7 Å². The minimum absolute atomic E-state index is 0.327. The second-order valence-electron chi connectivity index (χ2n) is 6.16. The molecule has 0 saturated heterocycles. The fourth-order valence-corrected chi connectivity index (χ4v) is 4.96. The Morgan fingerprint density at radius 1 is 1.26 bits per heavy atom. The summed E-state index contributed by atoms with van der Waals surface area (Å²) in [7, 11) is 0. The zero-order chi connectivity index (χ0) is 13.1. The normalized spacial score (nSPS) is 38.1. The van der Waals surface area contributed by atoms with Crippen LogP contribution in [0.25, 0.3) is 0 Å². The van der Waals surface area contributed by atoms with E-state index in [2.05, 4.69) is 21.2 Å². The first-order valence-corrected chi connectivity index (χ1v) is 7.74. The minimum atomic E-state index is -0.881. The molecule has 2 bridgehead atoms. The van der Waals surface area contributed by atoms with Crippen LogP contribution < -0.4 is 5.32 Å². The van der Waals surface area contributed by atoms with Crippen LogP contribution in [0.2, 0.25) is 0 Å². The number of rotatable bonds is 3. The van der Waals surface area contributed by atoms with Crippen LogP contribution >= 0.6 is 15.9 Å². The summed E-state index contributed by atoms with van der Waals surface area (Å²) < 4.78 is 0.852. The molecule has 4 heteroatoms. The quantitative estimate of drug-likeness (QED) is 0.894. The van der Waals surface area contributed by atoms with E-state index in [1.165, 1.54) is 19.3 Å². The van der Waals surface area contributed by atoms with Gasteiger partial charge in [-0.1, -0.05) is 0 Å². The Labute approximate surface area is 120 Å². The molecule has 0 aliphatic heterocycles. The first kappa shape index (κ1) is 11.8. The highest BCUT2D eigenvalue weighted by molar-refractivity contribution is 9.10. The molecule has 3 fully saturated rings. The molecule has 3 nitrogen and oxygen atoms in total. The third-order valence-electron chi connectivity index (χ3n) is 5.27. The van der Waals surface area contributed by atoms with Gasteiger partial charge in [0.1, 0.15) is 0 Å². The number of carbonyl (C=O) groups is 1. The lowest BCUT2D eigenvalue weighted by molar-refractivity contribution is 0.0697. The van der Waals surface area contributed by atoms with Gasteiger partial charge in [0.15, 0.2) is 0 Å². The topological polar surface area (TPSA) is 49.3 Å². The van der Waals surface area contributed by atoms with Crippen LogP contribution in [0.4, 0.5) is 5.69 Å². The highest BCUT2D eigenvalue weighted by Gasteiger charge is 2.65. The summed E-state index contributed by atoms with van der Waals surface area (Å²) in [5.74, 6) is 2.78. The molecule has 3 aliphatic rings. The third kappa shape index (κ3) is 1.72. The maximum Gasteiger partial charge on any atom is 0.335 e. The Hall–Kier alpha value is -1.03. The van der Waals surface area contributed by atoms with Gasteiger partial charge in [-0.05, 0) is 77.1 Å². The smallest absolute Gasteiger partial charge is 0.335 e. The number of anilines is 1. The van der Waals surface area contributed by atoms with Gasteiger partial charge in [0.05, 0.1) is 5.56 Å². The van der Waals surface area contributed by atoms with Gasteiger partial charge in [-0.25, -0.2) is 4.79 Å². The molecule has 4 unspecified atom stereocenters. The third-order valence-corrected chi connectivity index (χ3v) is 5.93. The zero-order valence-corrected chi connectivity index (χ0v) is 12.1. The van der Waals surface area contributed by atoms with Crippen molar-refractivity contribution in [2.45, 2.75) is 25.3 Å². The Morgan fingerprint density at radius 2 is 1.95 bits per heavy atom. The molecule has 19 heavy (non-hydrogen) atoms. The van der Waals surface area contributed by atoms with Gasteiger partial charge in [0.25, 0.3) is 0 Å². The largest absolute Gasteiger partial charge is 0.478 e. The molecule has 3 aliphatic carbocycles. The summed E-state index contributed by atoms with van der Waals surface area (Å²) in [6.45, 7) is 0. The van der Waals surface area contributed by atoms with Gasteiger partial charge < -0.3 is 10.4 Å². The molecule has 2 N–H and O–H groups in total. The van der Waals surface area contributed by atoms with Gasteiger partial charge in [0.2, 0.25) is 0 Å². The summed E-state index contributed by atoms with van der Waals surface area (Å²) in [6.07, 6.45) is 4.29. The van der Waals surface area contributed by atoms with Crippen LogP contribution in [0.3, 0.4) is 0 Å². The standard InChI is InChI=1S/C15H16BrNO2/c16-10-6-9(15(18)19)3-4-11(10)17-14-12-7-1-2-8(5-7)13(12)14/h3-4,6-8,12-14,17H,1-2,5H2,(H,18,19). The first-order chi connectivity index (χ1) is 9.15. The molecule has 0 amide bonds. The van der Waals surface area contributed by atoms with Crippen molar-refractivity contribution in [3.05, 3.63) is 28.2 Å². The fourth-order valence-electron chi connectivity index (χ4n) is 4.46. The monoisotopic (exact) mass is 321 g/mol. The van der Waals surface area contributed by atoms with Gasteiger partial charge in [0, 0.05) is 16.2 Å². The van der Waals surface area contributed by atoms with E-state index in [9.17, 15) is 4.79 Å². The second-order valence-corrected chi connectivity index (χ2v) is 7.01. The Kier molecular flexibility index (Phi) is 2.47. The fraction of sp³-hybridized carbons (Fsp3) is 0.533. The number of carboxylic acids is 1. The average molecular weight is 322 g/mol. The summed E-state index contributed by atoms with van der Waals surface area (Å²) in [5, 5.41) is 12.6. The summed E-state index contributed by atoms with van der Waals surface area (Å²) in [5.41, 5.74) is 1.36. The number of aromatic carboxylic acids is 1. The lowest BCUT2D eigenvalue weighted by atomic mass is 10.0. The average Bonchev–Trinajstić information content (AvgIpc) is 2.79. The van der Waals surface area contributed by atoms with E-state index in [1.807, 2.05) is 6.07 Å². The SMILES string of the molecule is O=C(O)c1ccc(NC2C3C4CCC(C4)C23)c(Br)c1. The molecule has 1 aromatic carbocycles. The summed E-state index contributed by atoms with van der Waals surface area (Å²) in [4.78, 5) is 10.9. The molecule has 0 aromatic heterocycles. The second kappa shape index (κ2) is 3.98. The van der Waals surface area contributed by atoms with Gasteiger partial charge in [-0.3, -0.25) is 0 Å². The number of halogens is 1. The highest BCUT2D eigenvalue weighted by atomic mass is 79.9. The van der Waals surface area contributed by atoms with Crippen molar-refractivity contribution in [1.29, 1.82) is 0 Å². The Morgan fingerprint density at radius 3 is 2.53 bits per heavy atom.